The number of rotatable bonds is 5. The van der Waals surface area contributed by atoms with Crippen LogP contribution in [0.15, 0.2) is 18.2 Å². The molecule has 0 radical (unpaired) electrons. The summed E-state index contributed by atoms with van der Waals surface area (Å²) in [4.78, 5) is 6.28. The van der Waals surface area contributed by atoms with Gasteiger partial charge in [-0.3, -0.25) is 0 Å². The van der Waals surface area contributed by atoms with Gasteiger partial charge in [0.1, 0.15) is 10.8 Å². The van der Waals surface area contributed by atoms with E-state index in [4.69, 9.17) is 9.72 Å². The number of benzene rings is 1. The number of nitrogens with one attached hydrogen (secondary N) is 1. The lowest BCUT2D eigenvalue weighted by molar-refractivity contribution is 0.415. The summed E-state index contributed by atoms with van der Waals surface area (Å²) in [6.07, 6.45) is 2.21. The third kappa shape index (κ3) is 3.11. The number of aromatic nitrogens is 1. The van der Waals surface area contributed by atoms with Crippen LogP contribution in [0.25, 0.3) is 11.3 Å². The van der Waals surface area contributed by atoms with Crippen LogP contribution in [-0.2, 0) is 19.4 Å². The van der Waals surface area contributed by atoms with Crippen molar-refractivity contribution in [3.63, 3.8) is 0 Å². The molecule has 1 aromatic carbocycles. The Morgan fingerprint density at radius 1 is 1.33 bits per heavy atom. The average molecular weight is 302 g/mol. The normalized spacial score (nSPS) is 13.1. The van der Waals surface area contributed by atoms with Crippen molar-refractivity contribution in [3.05, 3.63) is 33.6 Å². The number of nitrogens with zero attached hydrogens (tertiary/aromatic N) is 1. The molecule has 1 N–H and O–H groups in total. The topological polar surface area (TPSA) is 34.1 Å². The lowest BCUT2D eigenvalue weighted by Gasteiger charge is -2.15. The van der Waals surface area contributed by atoms with Crippen molar-refractivity contribution >= 4 is 11.3 Å². The lowest BCUT2D eigenvalue weighted by atomic mass is 9.93. The highest BCUT2D eigenvalue weighted by Crippen LogP contribution is 2.38. The van der Waals surface area contributed by atoms with E-state index in [1.54, 1.807) is 7.11 Å². The van der Waals surface area contributed by atoms with Gasteiger partial charge >= 0.3 is 0 Å². The summed E-state index contributed by atoms with van der Waals surface area (Å²) in [7, 11) is 1.72. The van der Waals surface area contributed by atoms with E-state index in [1.807, 2.05) is 17.4 Å². The molecule has 0 atom stereocenters. The Hall–Kier alpha value is -1.39. The molecule has 2 aromatic rings. The average Bonchev–Trinajstić information content (AvgIpc) is 2.89. The first-order valence-corrected chi connectivity index (χ1v) is 8.35. The standard InChI is InChI=1S/C17H22N2OS/c1-11(2)9-18-10-16-19-17-14-8-13(20-3)6-4-12(14)5-7-15(17)21-16/h4,6,8,11,18H,5,7,9-10H2,1-3H3. The van der Waals surface area contributed by atoms with Crippen LogP contribution < -0.4 is 10.1 Å². The highest BCUT2D eigenvalue weighted by atomic mass is 32.1. The van der Waals surface area contributed by atoms with E-state index in [0.29, 0.717) is 5.92 Å². The summed E-state index contributed by atoms with van der Waals surface area (Å²) >= 11 is 1.85. The van der Waals surface area contributed by atoms with Gasteiger partial charge in [-0.05, 0) is 43.0 Å². The van der Waals surface area contributed by atoms with Gasteiger partial charge in [-0.2, -0.15) is 0 Å². The van der Waals surface area contributed by atoms with Crippen LogP contribution in [0.4, 0.5) is 0 Å². The molecule has 0 bridgehead atoms. The zero-order valence-electron chi connectivity index (χ0n) is 12.9. The molecule has 0 amide bonds. The zero-order chi connectivity index (χ0) is 14.8. The number of thiazole rings is 1. The summed E-state index contributed by atoms with van der Waals surface area (Å²) < 4.78 is 5.36. The van der Waals surface area contributed by atoms with E-state index >= 15 is 0 Å². The molecule has 4 heteroatoms. The molecule has 3 rings (SSSR count). The molecule has 0 spiro atoms. The van der Waals surface area contributed by atoms with Crippen LogP contribution in [0.1, 0.15) is 29.3 Å². The number of hydrogen-bond acceptors (Lipinski definition) is 4. The summed E-state index contributed by atoms with van der Waals surface area (Å²) in [5, 5.41) is 4.67. The third-order valence-corrected chi connectivity index (χ3v) is 4.88. The molecule has 1 aromatic heterocycles. The minimum absolute atomic E-state index is 0.671. The van der Waals surface area contributed by atoms with Gasteiger partial charge in [0.2, 0.25) is 0 Å². The van der Waals surface area contributed by atoms with E-state index in [-0.39, 0.29) is 0 Å². The van der Waals surface area contributed by atoms with Gasteiger partial charge < -0.3 is 10.1 Å². The van der Waals surface area contributed by atoms with Crippen LogP contribution in [0, 0.1) is 5.92 Å². The number of hydrogen-bond donors (Lipinski definition) is 1. The van der Waals surface area contributed by atoms with Crippen LogP contribution in [-0.4, -0.2) is 18.6 Å². The Morgan fingerprint density at radius 3 is 2.95 bits per heavy atom. The molecule has 1 aliphatic carbocycles. The molecule has 0 fully saturated rings. The minimum atomic E-state index is 0.671. The second kappa shape index (κ2) is 6.16. The Balaban J connectivity index is 1.84. The summed E-state index contributed by atoms with van der Waals surface area (Å²) in [6.45, 7) is 6.36. The van der Waals surface area contributed by atoms with Crippen molar-refractivity contribution in [3.8, 4) is 17.0 Å². The fraction of sp³-hybridized carbons (Fsp3) is 0.471. The second-order valence-electron chi connectivity index (χ2n) is 5.93. The first-order valence-electron chi connectivity index (χ1n) is 7.54. The first kappa shape index (κ1) is 14.5. The lowest BCUT2D eigenvalue weighted by Crippen LogP contribution is -2.18. The van der Waals surface area contributed by atoms with Crippen LogP contribution >= 0.6 is 11.3 Å². The summed E-state index contributed by atoms with van der Waals surface area (Å²) in [5.74, 6) is 1.58. The number of fused-ring (bicyclic) bond motifs is 3. The fourth-order valence-corrected chi connectivity index (χ4v) is 3.74. The van der Waals surface area contributed by atoms with E-state index in [0.717, 1.165) is 31.7 Å². The van der Waals surface area contributed by atoms with Crippen molar-refractivity contribution in [1.82, 2.24) is 10.3 Å². The van der Waals surface area contributed by atoms with Crippen molar-refractivity contribution in [1.29, 1.82) is 0 Å². The van der Waals surface area contributed by atoms with E-state index in [9.17, 15) is 0 Å². The molecular formula is C17H22N2OS. The van der Waals surface area contributed by atoms with Gasteiger partial charge in [-0.1, -0.05) is 19.9 Å². The molecular weight excluding hydrogens is 280 g/mol. The van der Waals surface area contributed by atoms with Gasteiger partial charge in [0, 0.05) is 17.0 Å². The third-order valence-electron chi connectivity index (χ3n) is 3.76. The Morgan fingerprint density at radius 2 is 2.19 bits per heavy atom. The summed E-state index contributed by atoms with van der Waals surface area (Å²) in [5.41, 5.74) is 3.80. The highest BCUT2D eigenvalue weighted by molar-refractivity contribution is 7.12. The molecule has 1 heterocycles. The highest BCUT2D eigenvalue weighted by Gasteiger charge is 2.21. The minimum Gasteiger partial charge on any atom is -0.497 e. The van der Waals surface area contributed by atoms with Gasteiger partial charge in [0.25, 0.3) is 0 Å². The van der Waals surface area contributed by atoms with Crippen LogP contribution in [0.5, 0.6) is 5.75 Å². The van der Waals surface area contributed by atoms with E-state index in [1.165, 1.54) is 26.7 Å². The van der Waals surface area contributed by atoms with Crippen molar-refractivity contribution in [2.75, 3.05) is 13.7 Å². The summed E-state index contributed by atoms with van der Waals surface area (Å²) in [6, 6.07) is 6.34. The molecule has 1 aliphatic rings. The number of ether oxygens (including phenoxy) is 1. The molecule has 0 unspecified atom stereocenters. The quantitative estimate of drug-likeness (QED) is 0.915. The Bertz CT molecular complexity index is 634. The second-order valence-corrected chi connectivity index (χ2v) is 7.10. The predicted octanol–water partition coefficient (Wildman–Crippen LogP) is 3.66. The zero-order valence-corrected chi connectivity index (χ0v) is 13.7. The maximum absolute atomic E-state index is 5.36. The fourth-order valence-electron chi connectivity index (χ4n) is 2.69. The molecule has 21 heavy (non-hydrogen) atoms. The van der Waals surface area contributed by atoms with Crippen molar-refractivity contribution < 1.29 is 4.74 Å². The Labute approximate surface area is 130 Å². The molecule has 3 nitrogen and oxygen atoms in total. The molecule has 0 saturated carbocycles. The maximum atomic E-state index is 5.36. The van der Waals surface area contributed by atoms with E-state index in [2.05, 4.69) is 31.3 Å². The van der Waals surface area contributed by atoms with Gasteiger partial charge in [0.15, 0.2) is 0 Å². The molecule has 112 valence electrons. The van der Waals surface area contributed by atoms with Crippen molar-refractivity contribution in [2.24, 2.45) is 5.92 Å². The monoisotopic (exact) mass is 302 g/mol. The van der Waals surface area contributed by atoms with Gasteiger partial charge in [0.05, 0.1) is 12.8 Å². The number of aryl methyl sites for hydroxylation is 2. The first-order chi connectivity index (χ1) is 10.2. The van der Waals surface area contributed by atoms with Crippen molar-refractivity contribution in [2.45, 2.75) is 33.2 Å². The van der Waals surface area contributed by atoms with Gasteiger partial charge in [-0.15, -0.1) is 11.3 Å². The van der Waals surface area contributed by atoms with E-state index < -0.39 is 0 Å². The maximum Gasteiger partial charge on any atom is 0.119 e. The predicted molar refractivity (Wildman–Crippen MR) is 88.1 cm³/mol. The smallest absolute Gasteiger partial charge is 0.119 e. The number of methoxy groups -OCH3 is 1. The molecule has 0 aliphatic heterocycles. The SMILES string of the molecule is COc1ccc2c(c1)-c1nc(CNCC(C)C)sc1CC2. The Kier molecular flexibility index (Phi) is 4.27. The van der Waals surface area contributed by atoms with Crippen LogP contribution in [0.3, 0.4) is 0 Å². The van der Waals surface area contributed by atoms with Crippen LogP contribution in [0.2, 0.25) is 0 Å². The van der Waals surface area contributed by atoms with Gasteiger partial charge in [-0.25, -0.2) is 4.98 Å². The molecule has 0 saturated heterocycles. The largest absolute Gasteiger partial charge is 0.497 e.